The topological polar surface area (TPSA) is 46.1 Å². The van der Waals surface area contributed by atoms with E-state index >= 15 is 0 Å². The number of hydrogen-bond donors (Lipinski definition) is 1. The summed E-state index contributed by atoms with van der Waals surface area (Å²) in [5.41, 5.74) is 1.21. The molecule has 6 heteroatoms. The van der Waals surface area contributed by atoms with E-state index in [1.54, 1.807) is 0 Å². The van der Waals surface area contributed by atoms with Crippen LogP contribution in [-0.2, 0) is 11.3 Å². The van der Waals surface area contributed by atoms with Crippen molar-refractivity contribution in [3.63, 3.8) is 0 Å². The van der Waals surface area contributed by atoms with Gasteiger partial charge in [-0.25, -0.2) is 0 Å². The minimum Gasteiger partial charge on any atom is -0.493 e. The van der Waals surface area contributed by atoms with Gasteiger partial charge in [0.15, 0.2) is 5.96 Å². The third-order valence-electron chi connectivity index (χ3n) is 4.09. The monoisotopic (exact) mass is 461 g/mol. The number of benzene rings is 1. The number of ether oxygens (including phenoxy) is 2. The maximum absolute atomic E-state index is 5.72. The lowest BCUT2D eigenvalue weighted by Crippen LogP contribution is -2.41. The summed E-state index contributed by atoms with van der Waals surface area (Å²) in [7, 11) is 3.91. The number of hydrogen-bond acceptors (Lipinski definition) is 3. The minimum absolute atomic E-state index is 0. The fourth-order valence-corrected chi connectivity index (χ4v) is 2.73. The van der Waals surface area contributed by atoms with Crippen molar-refractivity contribution in [1.82, 2.24) is 10.2 Å². The molecule has 2 rings (SSSR count). The van der Waals surface area contributed by atoms with Gasteiger partial charge in [-0.3, -0.25) is 4.99 Å². The maximum Gasteiger partial charge on any atom is 0.193 e. The number of aliphatic imine (C=N–C) groups is 1. The van der Waals surface area contributed by atoms with Crippen LogP contribution in [0.5, 0.6) is 5.75 Å². The Balaban J connectivity index is 0.00000312. The number of rotatable bonds is 7. The van der Waals surface area contributed by atoms with Gasteiger partial charge in [-0.1, -0.05) is 26.0 Å². The molecule has 1 N–H and O–H groups in total. The molecule has 0 amide bonds. The molecule has 1 aliphatic rings. The van der Waals surface area contributed by atoms with Gasteiger partial charge in [-0.05, 0) is 30.0 Å². The second kappa shape index (κ2) is 11.6. The van der Waals surface area contributed by atoms with Crippen LogP contribution in [0.3, 0.4) is 0 Å². The Kier molecular flexibility index (Phi) is 10.2. The first kappa shape index (κ1) is 22.0. The lowest BCUT2D eigenvalue weighted by molar-refractivity contribution is 0.181. The Labute approximate surface area is 169 Å². The average Bonchev–Trinajstić information content (AvgIpc) is 3.07. The molecule has 0 saturated carbocycles. The molecule has 1 aliphatic heterocycles. The van der Waals surface area contributed by atoms with E-state index in [0.29, 0.717) is 11.8 Å². The third-order valence-corrected chi connectivity index (χ3v) is 4.09. The van der Waals surface area contributed by atoms with Gasteiger partial charge in [0.05, 0.1) is 13.2 Å². The van der Waals surface area contributed by atoms with Crippen LogP contribution in [0, 0.1) is 11.8 Å². The molecule has 1 aromatic rings. The largest absolute Gasteiger partial charge is 0.493 e. The highest BCUT2D eigenvalue weighted by Crippen LogP contribution is 2.14. The van der Waals surface area contributed by atoms with Gasteiger partial charge in [0, 0.05) is 39.7 Å². The summed E-state index contributed by atoms with van der Waals surface area (Å²) in [5.74, 6) is 2.98. The van der Waals surface area contributed by atoms with Crippen molar-refractivity contribution in [2.75, 3.05) is 40.5 Å². The fraction of sp³-hybridized carbons (Fsp3) is 0.632. The Morgan fingerprint density at radius 1 is 1.36 bits per heavy atom. The molecule has 1 saturated heterocycles. The molecule has 1 fully saturated rings. The van der Waals surface area contributed by atoms with Gasteiger partial charge in [-0.15, -0.1) is 24.0 Å². The normalized spacial score (nSPS) is 17.3. The SMILES string of the molecule is CN=C(NCc1ccc(OCC(C)C)cc1)N(C)CC1CCOC1.I. The molecule has 0 aromatic heterocycles. The molecule has 0 bridgehead atoms. The summed E-state index contributed by atoms with van der Waals surface area (Å²) in [6.45, 7) is 8.52. The molecular formula is C19H32IN3O2. The first-order valence-corrected chi connectivity index (χ1v) is 8.79. The highest BCUT2D eigenvalue weighted by molar-refractivity contribution is 14.0. The lowest BCUT2D eigenvalue weighted by atomic mass is 10.1. The second-order valence-corrected chi connectivity index (χ2v) is 6.86. The lowest BCUT2D eigenvalue weighted by Gasteiger charge is -2.24. The van der Waals surface area contributed by atoms with Crippen LogP contribution >= 0.6 is 24.0 Å². The van der Waals surface area contributed by atoms with Crippen LogP contribution in [0.2, 0.25) is 0 Å². The first-order chi connectivity index (χ1) is 11.6. The van der Waals surface area contributed by atoms with E-state index in [4.69, 9.17) is 9.47 Å². The van der Waals surface area contributed by atoms with E-state index in [0.717, 1.165) is 51.0 Å². The van der Waals surface area contributed by atoms with Crippen LogP contribution in [0.4, 0.5) is 0 Å². The van der Waals surface area contributed by atoms with E-state index in [1.165, 1.54) is 5.56 Å². The summed E-state index contributed by atoms with van der Waals surface area (Å²) in [6, 6.07) is 8.25. The number of nitrogens with zero attached hydrogens (tertiary/aromatic N) is 2. The predicted octanol–water partition coefficient (Wildman–Crippen LogP) is 3.38. The molecule has 1 unspecified atom stereocenters. The number of nitrogens with one attached hydrogen (secondary N) is 1. The van der Waals surface area contributed by atoms with Crippen LogP contribution < -0.4 is 10.1 Å². The van der Waals surface area contributed by atoms with Gasteiger partial charge in [0.25, 0.3) is 0 Å². The zero-order chi connectivity index (χ0) is 17.4. The summed E-state index contributed by atoms with van der Waals surface area (Å²) in [5, 5.41) is 3.42. The van der Waals surface area contributed by atoms with Crippen LogP contribution in [0.15, 0.2) is 29.3 Å². The zero-order valence-corrected chi connectivity index (χ0v) is 18.2. The van der Waals surface area contributed by atoms with Gasteiger partial charge >= 0.3 is 0 Å². The molecule has 1 heterocycles. The van der Waals surface area contributed by atoms with E-state index < -0.39 is 0 Å². The number of halogens is 1. The van der Waals surface area contributed by atoms with E-state index in [1.807, 2.05) is 19.2 Å². The van der Waals surface area contributed by atoms with Crippen LogP contribution in [-0.4, -0.2) is 51.3 Å². The molecule has 0 aliphatic carbocycles. The van der Waals surface area contributed by atoms with E-state index in [-0.39, 0.29) is 24.0 Å². The Hall–Kier alpha value is -1.02. The summed E-state index contributed by atoms with van der Waals surface area (Å²) in [6.07, 6.45) is 1.14. The molecule has 25 heavy (non-hydrogen) atoms. The standard InChI is InChI=1S/C19H31N3O2.HI/c1-15(2)13-24-18-7-5-16(6-8-18)11-21-19(20-3)22(4)12-17-9-10-23-14-17;/h5-8,15,17H,9-14H2,1-4H3,(H,20,21);1H. The minimum atomic E-state index is 0. The molecule has 1 atom stereocenters. The highest BCUT2D eigenvalue weighted by atomic mass is 127. The van der Waals surface area contributed by atoms with Gasteiger partial charge in [-0.2, -0.15) is 0 Å². The smallest absolute Gasteiger partial charge is 0.193 e. The molecule has 5 nitrogen and oxygen atoms in total. The molecule has 0 radical (unpaired) electrons. The highest BCUT2D eigenvalue weighted by Gasteiger charge is 2.18. The summed E-state index contributed by atoms with van der Waals surface area (Å²) < 4.78 is 11.2. The van der Waals surface area contributed by atoms with Crippen molar-refractivity contribution in [2.24, 2.45) is 16.8 Å². The summed E-state index contributed by atoms with van der Waals surface area (Å²) in [4.78, 5) is 6.56. The third kappa shape index (κ3) is 7.81. The Morgan fingerprint density at radius 3 is 2.64 bits per heavy atom. The van der Waals surface area contributed by atoms with Crippen molar-refractivity contribution in [3.05, 3.63) is 29.8 Å². The van der Waals surface area contributed by atoms with Crippen LogP contribution in [0.25, 0.3) is 0 Å². The van der Waals surface area contributed by atoms with Crippen molar-refractivity contribution in [1.29, 1.82) is 0 Å². The Bertz CT molecular complexity index is 514. The van der Waals surface area contributed by atoms with Gasteiger partial charge < -0.3 is 19.7 Å². The quantitative estimate of drug-likeness (QED) is 0.384. The predicted molar refractivity (Wildman–Crippen MR) is 114 cm³/mol. The molecule has 0 spiro atoms. The van der Waals surface area contributed by atoms with Crippen molar-refractivity contribution >= 4 is 29.9 Å². The van der Waals surface area contributed by atoms with Crippen LogP contribution in [0.1, 0.15) is 25.8 Å². The summed E-state index contributed by atoms with van der Waals surface area (Å²) >= 11 is 0. The zero-order valence-electron chi connectivity index (χ0n) is 15.8. The molecule has 1 aromatic carbocycles. The molecule has 142 valence electrons. The maximum atomic E-state index is 5.72. The molecular weight excluding hydrogens is 429 g/mol. The first-order valence-electron chi connectivity index (χ1n) is 8.79. The second-order valence-electron chi connectivity index (χ2n) is 6.86. The van der Waals surface area contributed by atoms with E-state index in [2.05, 4.69) is 48.2 Å². The van der Waals surface area contributed by atoms with Gasteiger partial charge in [0.1, 0.15) is 5.75 Å². The Morgan fingerprint density at radius 2 is 2.08 bits per heavy atom. The van der Waals surface area contributed by atoms with Gasteiger partial charge in [0.2, 0.25) is 0 Å². The van der Waals surface area contributed by atoms with Crippen molar-refractivity contribution < 1.29 is 9.47 Å². The van der Waals surface area contributed by atoms with Crippen molar-refractivity contribution in [3.8, 4) is 5.75 Å². The average molecular weight is 461 g/mol. The number of guanidine groups is 1. The van der Waals surface area contributed by atoms with E-state index in [9.17, 15) is 0 Å². The van der Waals surface area contributed by atoms with Crippen molar-refractivity contribution in [2.45, 2.75) is 26.8 Å². The fourth-order valence-electron chi connectivity index (χ4n) is 2.73.